The highest BCUT2D eigenvalue weighted by Crippen LogP contribution is 2.40. The van der Waals surface area contributed by atoms with Crippen LogP contribution >= 0.6 is 11.6 Å². The molecule has 7 nitrogen and oxygen atoms in total. The van der Waals surface area contributed by atoms with Gasteiger partial charge in [0, 0.05) is 22.7 Å². The van der Waals surface area contributed by atoms with Crippen LogP contribution in [0.25, 0.3) is 0 Å². The smallest absolute Gasteiger partial charge is 0.349 e. The molecule has 0 bridgehead atoms. The molecule has 2 heterocycles. The van der Waals surface area contributed by atoms with E-state index in [1.165, 1.54) is 30.3 Å². The predicted octanol–water partition coefficient (Wildman–Crippen LogP) is 0.0158. The quantitative estimate of drug-likeness (QED) is 0.438. The molecule has 0 aliphatic carbocycles. The molecule has 2 aromatic rings. The molecule has 1 saturated heterocycles. The molecule has 0 saturated carbocycles. The number of carbonyl (C=O) groups excluding carboxylic acids is 4. The van der Waals surface area contributed by atoms with E-state index in [0.29, 0.717) is 0 Å². The summed E-state index contributed by atoms with van der Waals surface area (Å²) in [6, 6.07) is 8.23. The minimum Gasteiger partial charge on any atom is -0.358 e. The zero-order chi connectivity index (χ0) is 27.6. The molecular formula is C22H13B5ClF2N3O4. The Bertz CT molecular complexity index is 1340. The van der Waals surface area contributed by atoms with Crippen LogP contribution in [0, 0.1) is 0 Å². The van der Waals surface area contributed by atoms with Crippen LogP contribution in [0.4, 0.5) is 8.78 Å². The SMILES string of the molecule is [B]C1([B])CC([B])(N2Cc3cc(C([B])([B])NC(=O)C(F)(F)c4ccc(Cl)cc4)ccc3C2=O)C(=O)NC1=O. The molecule has 2 aliphatic rings. The van der Waals surface area contributed by atoms with Gasteiger partial charge >= 0.3 is 5.92 Å². The molecule has 4 amide bonds. The van der Waals surface area contributed by atoms with Crippen molar-refractivity contribution in [2.75, 3.05) is 0 Å². The van der Waals surface area contributed by atoms with Crippen LogP contribution in [0.1, 0.15) is 33.5 Å². The second-order valence-corrected chi connectivity index (χ2v) is 9.53. The van der Waals surface area contributed by atoms with Crippen LogP contribution in [-0.4, -0.2) is 73.2 Å². The van der Waals surface area contributed by atoms with Crippen LogP contribution in [0.5, 0.6) is 0 Å². The number of nitrogens with one attached hydrogen (secondary N) is 2. The fourth-order valence-electron chi connectivity index (χ4n) is 4.18. The number of alkyl halides is 2. The zero-order valence-corrected chi connectivity index (χ0v) is 19.8. The van der Waals surface area contributed by atoms with Crippen LogP contribution < -0.4 is 10.6 Å². The van der Waals surface area contributed by atoms with E-state index in [1.54, 1.807) is 0 Å². The van der Waals surface area contributed by atoms with Gasteiger partial charge in [-0.1, -0.05) is 35.9 Å². The van der Waals surface area contributed by atoms with Crippen molar-refractivity contribution >= 4 is 74.5 Å². The third-order valence-electron chi connectivity index (χ3n) is 6.29. The molecule has 10 radical (unpaired) electrons. The van der Waals surface area contributed by atoms with Gasteiger partial charge in [-0.3, -0.25) is 24.5 Å². The van der Waals surface area contributed by atoms with Crippen molar-refractivity contribution in [1.82, 2.24) is 15.5 Å². The van der Waals surface area contributed by atoms with Gasteiger partial charge in [0.1, 0.15) is 7.85 Å². The summed E-state index contributed by atoms with van der Waals surface area (Å²) < 4.78 is 29.4. The minimum atomic E-state index is -3.99. The Kier molecular flexibility index (Phi) is 6.42. The summed E-state index contributed by atoms with van der Waals surface area (Å²) in [6.45, 7) is -0.249. The normalized spacial score (nSPS) is 21.4. The van der Waals surface area contributed by atoms with Crippen molar-refractivity contribution in [3.05, 3.63) is 69.7 Å². The maximum absolute atomic E-state index is 14.7. The molecule has 37 heavy (non-hydrogen) atoms. The largest absolute Gasteiger partial charge is 0.358 e. The first-order valence-electron chi connectivity index (χ1n) is 10.7. The lowest BCUT2D eigenvalue weighted by Crippen LogP contribution is -2.67. The molecule has 176 valence electrons. The molecule has 2 aromatic carbocycles. The van der Waals surface area contributed by atoms with E-state index in [0.717, 1.165) is 17.0 Å². The van der Waals surface area contributed by atoms with Crippen molar-refractivity contribution in [1.29, 1.82) is 0 Å². The second-order valence-electron chi connectivity index (χ2n) is 9.09. The van der Waals surface area contributed by atoms with Crippen LogP contribution in [0.3, 0.4) is 0 Å². The van der Waals surface area contributed by atoms with E-state index in [1.807, 2.05) is 10.6 Å². The number of piperidine rings is 1. The molecule has 0 aromatic heterocycles. The first-order chi connectivity index (χ1) is 17.0. The number of nitrogens with zero attached hydrogens (tertiary/aromatic N) is 1. The number of imide groups is 1. The fourth-order valence-corrected chi connectivity index (χ4v) is 4.31. The van der Waals surface area contributed by atoms with Gasteiger partial charge in [0.2, 0.25) is 11.8 Å². The highest BCUT2D eigenvalue weighted by molar-refractivity contribution is 6.53. The fraction of sp³-hybridized carbons (Fsp3) is 0.273. The van der Waals surface area contributed by atoms with Crippen LogP contribution in [-0.2, 0) is 32.2 Å². The Morgan fingerprint density at radius 2 is 1.59 bits per heavy atom. The average Bonchev–Trinajstić information content (AvgIpc) is 3.14. The Morgan fingerprint density at radius 3 is 2.22 bits per heavy atom. The van der Waals surface area contributed by atoms with Crippen molar-refractivity contribution in [2.45, 2.75) is 34.9 Å². The lowest BCUT2D eigenvalue weighted by Gasteiger charge is -2.46. The zero-order valence-electron chi connectivity index (χ0n) is 19.1. The number of carbonyl (C=O) groups is 4. The number of benzene rings is 2. The van der Waals surface area contributed by atoms with E-state index in [-0.39, 0.29) is 28.3 Å². The summed E-state index contributed by atoms with van der Waals surface area (Å²) in [5, 5.41) is -0.231. The van der Waals surface area contributed by atoms with E-state index in [9.17, 15) is 28.0 Å². The molecule has 1 atom stereocenters. The van der Waals surface area contributed by atoms with Crippen LogP contribution in [0.2, 0.25) is 10.2 Å². The summed E-state index contributed by atoms with van der Waals surface area (Å²) >= 11 is 5.71. The number of fused-ring (bicyclic) bond motifs is 1. The lowest BCUT2D eigenvalue weighted by molar-refractivity contribution is -0.147. The number of rotatable bonds is 5. The van der Waals surface area contributed by atoms with Gasteiger partial charge in [0.05, 0.1) is 36.8 Å². The predicted molar refractivity (Wildman–Crippen MR) is 133 cm³/mol. The molecule has 4 rings (SSSR count). The lowest BCUT2D eigenvalue weighted by atomic mass is 9.45. The van der Waals surface area contributed by atoms with Crippen molar-refractivity contribution in [2.24, 2.45) is 0 Å². The Labute approximate surface area is 222 Å². The van der Waals surface area contributed by atoms with Gasteiger partial charge in [-0.25, -0.2) is 0 Å². The summed E-state index contributed by atoms with van der Waals surface area (Å²) in [4.78, 5) is 50.9. The summed E-state index contributed by atoms with van der Waals surface area (Å²) in [5.41, 5.74) is -2.34. The highest BCUT2D eigenvalue weighted by atomic mass is 35.5. The van der Waals surface area contributed by atoms with Crippen molar-refractivity contribution in [3.8, 4) is 0 Å². The molecule has 2 N–H and O–H groups in total. The Morgan fingerprint density at radius 1 is 1.00 bits per heavy atom. The maximum Gasteiger partial charge on any atom is 0.349 e. The first-order valence-corrected chi connectivity index (χ1v) is 11.1. The van der Waals surface area contributed by atoms with Gasteiger partial charge in [0.15, 0.2) is 0 Å². The van der Waals surface area contributed by atoms with E-state index < -0.39 is 57.5 Å². The van der Waals surface area contributed by atoms with E-state index in [4.69, 9.17) is 50.8 Å². The molecule has 1 fully saturated rings. The van der Waals surface area contributed by atoms with E-state index >= 15 is 0 Å². The summed E-state index contributed by atoms with van der Waals surface area (Å²) in [6.07, 6.45) is -0.565. The van der Waals surface area contributed by atoms with E-state index in [2.05, 4.69) is 0 Å². The number of amides is 4. The van der Waals surface area contributed by atoms with Crippen LogP contribution in [0.15, 0.2) is 42.5 Å². The number of hydrogen-bond donors (Lipinski definition) is 2. The van der Waals surface area contributed by atoms with Gasteiger partial charge in [0.25, 0.3) is 11.8 Å². The van der Waals surface area contributed by atoms with Gasteiger partial charge in [-0.2, -0.15) is 8.78 Å². The van der Waals surface area contributed by atoms with Gasteiger partial charge in [-0.05, 0) is 46.3 Å². The first kappa shape index (κ1) is 27.0. The third kappa shape index (κ3) is 4.60. The Hall–Kier alpha value is -3.01. The monoisotopic (exact) mass is 511 g/mol. The second kappa shape index (κ2) is 8.79. The van der Waals surface area contributed by atoms with Crippen molar-refractivity contribution < 1.29 is 28.0 Å². The number of hydrogen-bond acceptors (Lipinski definition) is 4. The van der Waals surface area contributed by atoms with Crippen molar-refractivity contribution in [3.63, 3.8) is 0 Å². The molecule has 2 aliphatic heterocycles. The Balaban J connectivity index is 1.58. The molecule has 0 spiro atoms. The third-order valence-corrected chi connectivity index (χ3v) is 6.54. The van der Waals surface area contributed by atoms with Gasteiger partial charge in [-0.15, -0.1) is 0 Å². The molecular weight excluding hydrogens is 498 g/mol. The summed E-state index contributed by atoms with van der Waals surface area (Å²) in [7, 11) is 29.6. The summed E-state index contributed by atoms with van der Waals surface area (Å²) in [5.74, 6) is -8.37. The molecule has 1 unspecified atom stereocenters. The van der Waals surface area contributed by atoms with Gasteiger partial charge < -0.3 is 10.2 Å². The average molecular weight is 511 g/mol. The number of halogens is 3. The molecule has 15 heteroatoms. The standard InChI is InChI=1S/C22H13B5ClF2N3O4/c23-19(24)9-20(25,17(36)31-16(19)35)33-8-10-7-12(3-6-14(10)15(33)34)22(26,27)32-18(37)21(29,30)11-1-4-13(28)5-2-11/h1-7H,8-9H2,(H,32,37)(H,31,35,36). The highest BCUT2D eigenvalue weighted by Gasteiger charge is 2.53. The topological polar surface area (TPSA) is 95.6 Å². The minimum absolute atomic E-state index is 0.0255. The maximum atomic E-state index is 14.7.